The second-order valence-corrected chi connectivity index (χ2v) is 23.1. The highest BCUT2D eigenvalue weighted by atomic mass is 19.1. The van der Waals surface area contributed by atoms with Crippen LogP contribution in [0.4, 0.5) is 4.39 Å². The molecule has 2 aliphatic heterocycles. The molecule has 8 amide bonds. The molecule has 33 heteroatoms. The Labute approximate surface area is 562 Å². The van der Waals surface area contributed by atoms with Crippen molar-refractivity contribution in [3.8, 4) is 11.4 Å². The molecule has 0 radical (unpaired) electrons. The molecular formula is C65H80BFN12O19. The van der Waals surface area contributed by atoms with E-state index in [1.54, 1.807) is 50.2 Å². The molecule has 5 heterocycles. The van der Waals surface area contributed by atoms with Crippen molar-refractivity contribution in [3.63, 3.8) is 0 Å². The molecule has 1 aliphatic carbocycles. The first-order chi connectivity index (χ1) is 47.1. The number of nitrogens with zero attached hydrogens (tertiary/aromatic N) is 4. The number of ether oxygens (including phenoxy) is 6. The Morgan fingerprint density at radius 2 is 1.38 bits per heavy atom. The summed E-state index contributed by atoms with van der Waals surface area (Å²) in [6.07, 6.45) is 2.32. The number of hydrogen-bond acceptors (Lipinski definition) is 21. The van der Waals surface area contributed by atoms with E-state index in [1.165, 1.54) is 10.6 Å². The zero-order chi connectivity index (χ0) is 70.5. The maximum Gasteiger partial charge on any atom is 0.356 e. The second kappa shape index (κ2) is 35.5. The zero-order valence-electron chi connectivity index (χ0n) is 54.9. The monoisotopic (exact) mass is 1360 g/mol. The Balaban J connectivity index is 0.665. The minimum Gasteiger partial charge on any atom is -0.476 e. The fraction of sp³-hybridized carbons (Fsp3) is 0.477. The van der Waals surface area contributed by atoms with E-state index in [2.05, 4.69) is 52.5 Å². The lowest BCUT2D eigenvalue weighted by Gasteiger charge is -2.31. The van der Waals surface area contributed by atoms with Crippen molar-refractivity contribution in [3.05, 3.63) is 120 Å². The number of rotatable bonds is 38. The third-order valence-corrected chi connectivity index (χ3v) is 16.4. The van der Waals surface area contributed by atoms with E-state index < -0.39 is 133 Å². The minimum absolute atomic E-state index is 0.0166. The molecule has 3 aliphatic rings. The number of pyridine rings is 2. The van der Waals surface area contributed by atoms with Gasteiger partial charge in [0.15, 0.2) is 17.0 Å². The molecule has 3 atom stereocenters. The van der Waals surface area contributed by atoms with Crippen LogP contribution in [0.3, 0.4) is 0 Å². The topological polar surface area (TPSA) is 423 Å². The number of carbonyl (C=O) groups excluding carboxylic acids is 9. The Morgan fingerprint density at radius 3 is 2.07 bits per heavy atom. The molecule has 2 aromatic carbocycles. The van der Waals surface area contributed by atoms with Gasteiger partial charge in [-0.1, -0.05) is 50.6 Å². The number of aryl methyl sites for hydroxylation is 2. The lowest BCUT2D eigenvalue weighted by molar-refractivity contribution is -0.172. The summed E-state index contributed by atoms with van der Waals surface area (Å²) in [4.78, 5) is 155. The fourth-order valence-electron chi connectivity index (χ4n) is 11.4. The number of halogens is 1. The maximum absolute atomic E-state index is 15.4. The molecule has 5 aromatic rings. The first-order valence-electron chi connectivity index (χ1n) is 32.2. The molecule has 0 saturated carbocycles. The molecule has 98 heavy (non-hydrogen) atoms. The van der Waals surface area contributed by atoms with E-state index in [0.717, 1.165) is 6.42 Å². The van der Waals surface area contributed by atoms with E-state index in [1.807, 2.05) is 14.8 Å². The minimum atomic E-state index is -2.06. The molecule has 524 valence electrons. The van der Waals surface area contributed by atoms with Crippen molar-refractivity contribution in [1.29, 1.82) is 0 Å². The molecule has 0 fully saturated rings. The van der Waals surface area contributed by atoms with Crippen LogP contribution in [0.5, 0.6) is 0 Å². The van der Waals surface area contributed by atoms with Crippen LogP contribution in [0.1, 0.15) is 117 Å². The average molecular weight is 1360 g/mol. The Morgan fingerprint density at radius 1 is 0.735 bits per heavy atom. The molecule has 0 bridgehead atoms. The Bertz CT molecular complexity index is 3880. The second-order valence-electron chi connectivity index (χ2n) is 23.1. The molecular weight excluding hydrogens is 1280 g/mol. The van der Waals surface area contributed by atoms with Gasteiger partial charge in [-0.2, -0.15) is 0 Å². The van der Waals surface area contributed by atoms with Crippen molar-refractivity contribution in [1.82, 2.24) is 62.1 Å². The van der Waals surface area contributed by atoms with Crippen LogP contribution in [0.15, 0.2) is 47.3 Å². The summed E-state index contributed by atoms with van der Waals surface area (Å²) >= 11 is 0. The summed E-state index contributed by atoms with van der Waals surface area (Å²) in [6, 6.07) is 9.74. The van der Waals surface area contributed by atoms with Gasteiger partial charge in [0.1, 0.15) is 39.6 Å². The summed E-state index contributed by atoms with van der Waals surface area (Å²) in [5, 5.41) is 41.9. The van der Waals surface area contributed by atoms with Gasteiger partial charge < -0.3 is 85.7 Å². The van der Waals surface area contributed by atoms with Crippen molar-refractivity contribution in [2.24, 2.45) is 0 Å². The number of benzene rings is 2. The van der Waals surface area contributed by atoms with Gasteiger partial charge in [0.2, 0.25) is 41.4 Å². The number of carboxylic acid groups (broad SMARTS) is 1. The first-order valence-corrected chi connectivity index (χ1v) is 32.2. The number of fused-ring (bicyclic) bond motifs is 5. The molecule has 3 aromatic heterocycles. The highest BCUT2D eigenvalue weighted by Gasteiger charge is 2.46. The van der Waals surface area contributed by atoms with Gasteiger partial charge in [0, 0.05) is 42.0 Å². The van der Waals surface area contributed by atoms with Crippen LogP contribution >= 0.6 is 0 Å². The SMILES string of the molecule is BCc1nc(C(=O)O)c(C(=O)NCC(=O)NCCOCCOCCOCCOCCC(=O)NCC(=O)NCC(=O)N[C@@H](Cc2ccccc2)C(=O)NCC(=O)NCOCC(=O)N[C@H]2CCc3c(C)c(F)cc4nc5c(c2c34)Cn2c-5cc3c(c2=O)COC(=O)[C@]3(O)CC)nc1CCC. The molecule has 10 N–H and O–H groups in total. The van der Waals surface area contributed by atoms with Crippen molar-refractivity contribution in [2.45, 2.75) is 103 Å². The quantitative estimate of drug-likeness (QED) is 0.00901. The van der Waals surface area contributed by atoms with E-state index >= 15 is 4.39 Å². The largest absolute Gasteiger partial charge is 0.476 e. The number of nitrogens with one attached hydrogen (secondary N) is 8. The number of esters is 1. The number of cyclic esters (lactones) is 1. The zero-order valence-corrected chi connectivity index (χ0v) is 54.9. The van der Waals surface area contributed by atoms with Crippen LogP contribution < -0.4 is 48.1 Å². The smallest absolute Gasteiger partial charge is 0.356 e. The third-order valence-electron chi connectivity index (χ3n) is 16.4. The number of amides is 8. The number of carboxylic acids is 1. The number of hydrogen-bond donors (Lipinski definition) is 10. The number of carbonyl (C=O) groups is 10. The molecule has 8 rings (SSSR count). The lowest BCUT2D eigenvalue weighted by Crippen LogP contribution is -2.52. The van der Waals surface area contributed by atoms with Gasteiger partial charge in [-0.15, -0.1) is 0 Å². The van der Waals surface area contributed by atoms with E-state index in [0.29, 0.717) is 87.1 Å². The molecule has 0 spiro atoms. The van der Waals surface area contributed by atoms with Crippen LogP contribution in [-0.2, 0) is 111 Å². The van der Waals surface area contributed by atoms with Crippen LogP contribution in [-0.4, -0.2) is 202 Å². The van der Waals surface area contributed by atoms with Crippen molar-refractivity contribution < 1.29 is 91.0 Å². The Kier molecular flexibility index (Phi) is 26.9. The predicted molar refractivity (Wildman–Crippen MR) is 347 cm³/mol. The van der Waals surface area contributed by atoms with E-state index in [-0.39, 0.29) is 109 Å². The Hall–Kier alpha value is -9.67. The lowest BCUT2D eigenvalue weighted by atomic mass is 9.81. The van der Waals surface area contributed by atoms with Crippen molar-refractivity contribution >= 4 is 77.9 Å². The van der Waals surface area contributed by atoms with Gasteiger partial charge >= 0.3 is 11.9 Å². The molecule has 31 nitrogen and oxygen atoms in total. The maximum atomic E-state index is 15.4. The third kappa shape index (κ3) is 19.1. The van der Waals surface area contributed by atoms with Gasteiger partial charge in [0.25, 0.3) is 11.5 Å². The fourth-order valence-corrected chi connectivity index (χ4v) is 11.4. The number of aromatic carboxylic acids is 1. The van der Waals surface area contributed by atoms with Crippen LogP contribution in [0.2, 0.25) is 0 Å². The van der Waals surface area contributed by atoms with E-state index in [9.17, 15) is 63.0 Å². The van der Waals surface area contributed by atoms with Gasteiger partial charge in [-0.05, 0) is 67.2 Å². The standard InChI is InChI=1S/C65H80BFN12O19/c1-4-9-43-47(27-66)78-59(63(89)90)58(76-43)61(87)72-29-50(81)68-15-17-94-19-21-96-23-22-95-20-18-93-16-14-49(80)69-28-51(82)70-31-53(84)75-46(24-37-10-7-6-8-11-37)60(86)71-30-52(83)73-35-97-34-54(85)74-44-13-12-38-36(3)42(67)26-45-55(38)56(44)39-32-79-48(57(39)77-45)25-41-40(62(79)88)33-98-64(91)65(41,92)5-2/h6-8,10-11,25-26,44,46,92H,4-5,9,12-24,27-35,66H2,1-3H3,(H,68,81)(H,69,80)(H,70,82)(H,71,86)(H,72,87)(H,73,83)(H,74,85)(H,75,84)(H,89,90)/t44-,46-,65-/m0/s1. The highest BCUT2D eigenvalue weighted by molar-refractivity contribution is 6.08. The summed E-state index contributed by atoms with van der Waals surface area (Å²) in [7, 11) is 1.82. The summed E-state index contributed by atoms with van der Waals surface area (Å²) in [6.45, 7) is 3.72. The van der Waals surface area contributed by atoms with Gasteiger partial charge in [-0.3, -0.25) is 43.2 Å². The van der Waals surface area contributed by atoms with Gasteiger partial charge in [0.05, 0.1) is 125 Å². The van der Waals surface area contributed by atoms with Crippen LogP contribution in [0, 0.1) is 12.7 Å². The summed E-state index contributed by atoms with van der Waals surface area (Å²) in [5.74, 6) is -7.99. The highest BCUT2D eigenvalue weighted by Crippen LogP contribution is 2.46. The first kappa shape index (κ1) is 74.1. The molecule has 0 saturated heterocycles. The average Bonchev–Trinajstić information content (AvgIpc) is 1.49. The predicted octanol–water partition coefficient (Wildman–Crippen LogP) is -1.63. The van der Waals surface area contributed by atoms with Crippen LogP contribution in [0.25, 0.3) is 22.3 Å². The molecule has 0 unspecified atom stereocenters. The summed E-state index contributed by atoms with van der Waals surface area (Å²) < 4.78 is 49.4. The number of aromatic nitrogens is 4. The number of aliphatic hydroxyl groups is 1. The summed E-state index contributed by atoms with van der Waals surface area (Å²) in [5.41, 5.74) is 1.93. The van der Waals surface area contributed by atoms with Crippen molar-refractivity contribution in [2.75, 3.05) is 98.9 Å². The van der Waals surface area contributed by atoms with E-state index in [4.69, 9.17) is 33.4 Å². The normalized spacial score (nSPS) is 15.2. The van der Waals surface area contributed by atoms with Gasteiger partial charge in [-0.25, -0.2) is 28.9 Å².